The standard InChI is InChI=1S/C62H47NS/c1-61(2)55-24-8-5-18-49(55)53-22-14-21-52(59(53)61)47-16-4-3-15-45(47)40-27-31-42(32-28-40)63(44-35-36-50-48-17-6-9-25-56(48)62(57(50)39-44)37-11-12-38-62)43-33-29-41(30-34-43)46-20-13-23-54-51-19-7-10-26-58(51)64-60(46)54/h3-10,13-36,39H,11-12,37-38H2,1-2H3. The average molecular weight is 838 g/mol. The zero-order valence-electron chi connectivity index (χ0n) is 36.2. The van der Waals surface area contributed by atoms with Crippen molar-refractivity contribution in [2.75, 3.05) is 4.90 Å². The Kier molecular flexibility index (Phi) is 8.36. The van der Waals surface area contributed by atoms with Crippen LogP contribution in [-0.4, -0.2) is 0 Å². The molecule has 1 nitrogen and oxygen atoms in total. The number of fused-ring (bicyclic) bond motifs is 11. The van der Waals surface area contributed by atoms with Gasteiger partial charge in [-0.3, -0.25) is 0 Å². The van der Waals surface area contributed by atoms with Crippen LogP contribution in [0.1, 0.15) is 61.8 Å². The summed E-state index contributed by atoms with van der Waals surface area (Å²) in [6, 6.07) is 75.5. The maximum Gasteiger partial charge on any atom is 0.0465 e. The molecule has 2 heteroatoms. The van der Waals surface area contributed by atoms with Gasteiger partial charge in [0.05, 0.1) is 0 Å². The van der Waals surface area contributed by atoms with E-state index >= 15 is 0 Å². The summed E-state index contributed by atoms with van der Waals surface area (Å²) in [6.45, 7) is 4.77. The van der Waals surface area contributed by atoms with Crippen LogP contribution < -0.4 is 4.90 Å². The van der Waals surface area contributed by atoms with Gasteiger partial charge in [-0.25, -0.2) is 0 Å². The molecule has 0 aliphatic heterocycles. The molecule has 1 saturated carbocycles. The predicted octanol–water partition coefficient (Wildman–Crippen LogP) is 17.7. The molecule has 9 aromatic carbocycles. The number of nitrogens with zero attached hydrogens (tertiary/aromatic N) is 1. The number of rotatable bonds is 6. The van der Waals surface area contributed by atoms with Crippen molar-refractivity contribution in [1.82, 2.24) is 0 Å². The topological polar surface area (TPSA) is 3.24 Å². The lowest BCUT2D eigenvalue weighted by atomic mass is 9.76. The zero-order valence-corrected chi connectivity index (χ0v) is 37.1. The largest absolute Gasteiger partial charge is 0.310 e. The van der Waals surface area contributed by atoms with Crippen LogP contribution in [0.5, 0.6) is 0 Å². The van der Waals surface area contributed by atoms with Crippen LogP contribution in [0.15, 0.2) is 200 Å². The highest BCUT2D eigenvalue weighted by atomic mass is 32.1. The normalized spacial score (nSPS) is 15.0. The molecule has 0 saturated heterocycles. The number of hydrogen-bond donors (Lipinski definition) is 0. The second-order valence-electron chi connectivity index (χ2n) is 18.7. The molecule has 3 aliphatic carbocycles. The second kappa shape index (κ2) is 14.3. The number of benzene rings is 9. The molecule has 1 aromatic heterocycles. The monoisotopic (exact) mass is 837 g/mol. The molecule has 64 heavy (non-hydrogen) atoms. The van der Waals surface area contributed by atoms with E-state index in [1.165, 1.54) is 129 Å². The van der Waals surface area contributed by atoms with Crippen LogP contribution in [0.3, 0.4) is 0 Å². The van der Waals surface area contributed by atoms with E-state index in [1.807, 2.05) is 11.3 Å². The molecule has 1 fully saturated rings. The van der Waals surface area contributed by atoms with Gasteiger partial charge in [0, 0.05) is 48.1 Å². The van der Waals surface area contributed by atoms with Gasteiger partial charge in [-0.1, -0.05) is 184 Å². The second-order valence-corrected chi connectivity index (χ2v) is 19.8. The van der Waals surface area contributed by atoms with Gasteiger partial charge in [0.2, 0.25) is 0 Å². The highest BCUT2D eigenvalue weighted by Gasteiger charge is 2.45. The van der Waals surface area contributed by atoms with E-state index in [9.17, 15) is 0 Å². The Balaban J connectivity index is 0.931. The maximum absolute atomic E-state index is 2.53. The van der Waals surface area contributed by atoms with Crippen LogP contribution in [-0.2, 0) is 10.8 Å². The van der Waals surface area contributed by atoms with Crippen molar-refractivity contribution < 1.29 is 0 Å². The Morgan fingerprint density at radius 1 is 0.391 bits per heavy atom. The lowest BCUT2D eigenvalue weighted by Gasteiger charge is -2.30. The number of thiophene rings is 1. The van der Waals surface area contributed by atoms with Gasteiger partial charge in [-0.15, -0.1) is 11.3 Å². The molecule has 0 radical (unpaired) electrons. The molecule has 1 spiro atoms. The first-order chi connectivity index (χ1) is 31.5. The minimum Gasteiger partial charge on any atom is -0.310 e. The van der Waals surface area contributed by atoms with Gasteiger partial charge < -0.3 is 4.90 Å². The summed E-state index contributed by atoms with van der Waals surface area (Å²) in [4.78, 5) is 2.48. The van der Waals surface area contributed by atoms with E-state index in [2.05, 4.69) is 219 Å². The van der Waals surface area contributed by atoms with Gasteiger partial charge in [0.1, 0.15) is 0 Å². The van der Waals surface area contributed by atoms with Gasteiger partial charge in [-0.2, -0.15) is 0 Å². The molecule has 0 unspecified atom stereocenters. The molecule has 0 N–H and O–H groups in total. The van der Waals surface area contributed by atoms with Crippen LogP contribution in [0.25, 0.3) is 75.8 Å². The molecule has 0 amide bonds. The van der Waals surface area contributed by atoms with Gasteiger partial charge >= 0.3 is 0 Å². The maximum atomic E-state index is 2.53. The minimum atomic E-state index is -0.103. The van der Waals surface area contributed by atoms with Crippen LogP contribution in [0.2, 0.25) is 0 Å². The summed E-state index contributed by atoms with van der Waals surface area (Å²) in [7, 11) is 0. The van der Waals surface area contributed by atoms with Crippen LogP contribution in [0, 0.1) is 0 Å². The van der Waals surface area contributed by atoms with E-state index in [1.54, 1.807) is 0 Å². The summed E-state index contributed by atoms with van der Waals surface area (Å²) in [6.07, 6.45) is 4.96. The van der Waals surface area contributed by atoms with Crippen molar-refractivity contribution in [3.05, 3.63) is 222 Å². The highest BCUT2D eigenvalue weighted by Crippen LogP contribution is 2.58. The van der Waals surface area contributed by atoms with E-state index < -0.39 is 0 Å². The fourth-order valence-electron chi connectivity index (χ4n) is 12.1. The van der Waals surface area contributed by atoms with Crippen molar-refractivity contribution in [2.45, 2.75) is 50.4 Å². The Bertz CT molecular complexity index is 3470. The van der Waals surface area contributed by atoms with Crippen LogP contribution in [0.4, 0.5) is 17.1 Å². The Morgan fingerprint density at radius 2 is 0.891 bits per heavy atom. The first-order valence-electron chi connectivity index (χ1n) is 23.0. The molecule has 10 aromatic rings. The van der Waals surface area contributed by atoms with Gasteiger partial charge in [-0.05, 0) is 133 Å². The van der Waals surface area contributed by atoms with E-state index in [0.717, 1.165) is 11.4 Å². The summed E-state index contributed by atoms with van der Waals surface area (Å²) < 4.78 is 2.68. The minimum absolute atomic E-state index is 0.0848. The molecule has 306 valence electrons. The van der Waals surface area contributed by atoms with E-state index in [-0.39, 0.29) is 10.8 Å². The SMILES string of the molecule is CC1(C)c2ccccc2-c2cccc(-c3ccccc3-c3ccc(N(c4ccc(-c5cccc6c5sc5ccccc56)cc4)c4ccc5c(c4)C4(CCCC4)c4ccccc4-5)cc3)c21. The predicted molar refractivity (Wildman–Crippen MR) is 273 cm³/mol. The molecular weight excluding hydrogens is 791 g/mol. The summed E-state index contributed by atoms with van der Waals surface area (Å²) in [5, 5.41) is 2.66. The fourth-order valence-corrected chi connectivity index (χ4v) is 13.4. The van der Waals surface area contributed by atoms with Crippen molar-refractivity contribution in [3.63, 3.8) is 0 Å². The molecule has 1 heterocycles. The van der Waals surface area contributed by atoms with Crippen molar-refractivity contribution in [2.24, 2.45) is 0 Å². The third kappa shape index (κ3) is 5.48. The van der Waals surface area contributed by atoms with Crippen molar-refractivity contribution in [1.29, 1.82) is 0 Å². The molecular formula is C62H47NS. The molecule has 0 bridgehead atoms. The summed E-state index contributed by atoms with van der Waals surface area (Å²) >= 11 is 1.89. The molecule has 0 atom stereocenters. The highest BCUT2D eigenvalue weighted by molar-refractivity contribution is 7.26. The summed E-state index contributed by atoms with van der Waals surface area (Å²) in [5.41, 5.74) is 22.4. The van der Waals surface area contributed by atoms with E-state index in [0.29, 0.717) is 0 Å². The van der Waals surface area contributed by atoms with Crippen molar-refractivity contribution in [3.8, 4) is 55.6 Å². The Morgan fingerprint density at radius 3 is 1.62 bits per heavy atom. The third-order valence-electron chi connectivity index (χ3n) is 15.0. The zero-order chi connectivity index (χ0) is 42.6. The summed E-state index contributed by atoms with van der Waals surface area (Å²) in [5.74, 6) is 0. The van der Waals surface area contributed by atoms with Gasteiger partial charge in [0.25, 0.3) is 0 Å². The molecule has 13 rings (SSSR count). The Hall–Kier alpha value is -7.00. The lowest BCUT2D eigenvalue weighted by molar-refractivity contribution is 0.550. The number of hydrogen-bond acceptors (Lipinski definition) is 2. The average Bonchev–Trinajstić information content (AvgIpc) is 4.12. The Labute approximate surface area is 379 Å². The first-order valence-corrected chi connectivity index (χ1v) is 23.8. The fraction of sp³-hybridized carbons (Fsp3) is 0.129. The lowest BCUT2D eigenvalue weighted by Crippen LogP contribution is -2.21. The van der Waals surface area contributed by atoms with E-state index in [4.69, 9.17) is 0 Å². The van der Waals surface area contributed by atoms with Gasteiger partial charge in [0.15, 0.2) is 0 Å². The quantitative estimate of drug-likeness (QED) is 0.161. The third-order valence-corrected chi connectivity index (χ3v) is 16.3. The number of anilines is 3. The first kappa shape index (κ1) is 37.5. The van der Waals surface area contributed by atoms with Crippen molar-refractivity contribution >= 4 is 48.6 Å². The van der Waals surface area contributed by atoms with Crippen LogP contribution >= 0.6 is 11.3 Å². The molecule has 3 aliphatic rings. The smallest absolute Gasteiger partial charge is 0.0465 e.